The van der Waals surface area contributed by atoms with Gasteiger partial charge in [-0.25, -0.2) is 17.9 Å². The quantitative estimate of drug-likeness (QED) is 0.661. The molecule has 0 saturated carbocycles. The Morgan fingerprint density at radius 2 is 1.64 bits per heavy atom. The highest BCUT2D eigenvalue weighted by Gasteiger charge is 2.13. The molecule has 0 fully saturated rings. The molecule has 2 aromatic rings. The molecule has 0 bridgehead atoms. The van der Waals surface area contributed by atoms with Crippen LogP contribution in [-0.4, -0.2) is 20.5 Å². The predicted octanol–water partition coefficient (Wildman–Crippen LogP) is 3.46. The second-order valence-electron chi connectivity index (χ2n) is 5.73. The number of anilines is 1. The van der Waals surface area contributed by atoms with Gasteiger partial charge in [-0.05, 0) is 55.8 Å². The van der Waals surface area contributed by atoms with Gasteiger partial charge in [0.1, 0.15) is 0 Å². The number of benzene rings is 2. The summed E-state index contributed by atoms with van der Waals surface area (Å²) in [6.07, 6.45) is 0. The molecule has 0 aromatic heterocycles. The Morgan fingerprint density at radius 1 is 1.04 bits per heavy atom. The monoisotopic (exact) mass is 425 g/mol. The van der Waals surface area contributed by atoms with Crippen LogP contribution in [0.25, 0.3) is 0 Å². The number of nitrogens with one attached hydrogen (secondary N) is 3. The van der Waals surface area contributed by atoms with Gasteiger partial charge < -0.3 is 10.6 Å². The summed E-state index contributed by atoms with van der Waals surface area (Å²) in [5, 5.41) is 5.44. The maximum absolute atomic E-state index is 12.2. The fraction of sp³-hybridized carbons (Fsp3) is 0.235. The van der Waals surface area contributed by atoms with Crippen LogP contribution in [0.5, 0.6) is 0 Å². The third-order valence-electron chi connectivity index (χ3n) is 3.22. The molecule has 0 radical (unpaired) electrons. The summed E-state index contributed by atoms with van der Waals surface area (Å²) in [5.41, 5.74) is 1.42. The highest BCUT2D eigenvalue weighted by Crippen LogP contribution is 2.15. The summed E-state index contributed by atoms with van der Waals surface area (Å²) >= 11 is 3.27. The van der Waals surface area contributed by atoms with Crippen molar-refractivity contribution in [2.24, 2.45) is 0 Å². The van der Waals surface area contributed by atoms with Gasteiger partial charge in [0.2, 0.25) is 10.0 Å². The zero-order valence-corrected chi connectivity index (χ0v) is 16.3. The standard InChI is InChI=1S/C17H20BrN3O3S/c1-12(2)20-17(22)21-15-7-3-13(4-8-15)11-19-25(23,24)16-9-5-14(18)6-10-16/h3-10,12,19H,11H2,1-2H3,(H2,20,21,22). The van der Waals surface area contributed by atoms with Crippen LogP contribution in [0, 0.1) is 0 Å². The Labute approximate surface area is 156 Å². The smallest absolute Gasteiger partial charge is 0.319 e. The van der Waals surface area contributed by atoms with Crippen molar-refractivity contribution in [3.05, 3.63) is 58.6 Å². The highest BCUT2D eigenvalue weighted by atomic mass is 79.9. The molecule has 0 unspecified atom stereocenters. The number of hydrogen-bond donors (Lipinski definition) is 3. The van der Waals surface area contributed by atoms with E-state index in [9.17, 15) is 13.2 Å². The molecule has 2 aromatic carbocycles. The van der Waals surface area contributed by atoms with E-state index in [1.807, 2.05) is 13.8 Å². The molecule has 8 heteroatoms. The zero-order chi connectivity index (χ0) is 18.4. The van der Waals surface area contributed by atoms with Crippen molar-refractivity contribution in [3.63, 3.8) is 0 Å². The van der Waals surface area contributed by atoms with Crippen LogP contribution in [0.4, 0.5) is 10.5 Å². The summed E-state index contributed by atoms with van der Waals surface area (Å²) in [6, 6.07) is 13.2. The summed E-state index contributed by atoms with van der Waals surface area (Å²) < 4.78 is 27.9. The molecular weight excluding hydrogens is 406 g/mol. The first-order chi connectivity index (χ1) is 11.8. The molecule has 2 rings (SSSR count). The number of carbonyl (C=O) groups is 1. The van der Waals surface area contributed by atoms with E-state index in [1.54, 1.807) is 36.4 Å². The van der Waals surface area contributed by atoms with Gasteiger partial charge in [0.25, 0.3) is 0 Å². The Bertz CT molecular complexity index is 819. The van der Waals surface area contributed by atoms with Crippen molar-refractivity contribution in [2.45, 2.75) is 31.3 Å². The number of sulfonamides is 1. The van der Waals surface area contributed by atoms with Crippen molar-refractivity contribution in [1.82, 2.24) is 10.0 Å². The first-order valence-electron chi connectivity index (χ1n) is 7.68. The van der Waals surface area contributed by atoms with Gasteiger partial charge in [-0.3, -0.25) is 0 Å². The van der Waals surface area contributed by atoms with E-state index in [0.717, 1.165) is 10.0 Å². The van der Waals surface area contributed by atoms with Crippen molar-refractivity contribution in [2.75, 3.05) is 5.32 Å². The molecule has 0 atom stereocenters. The van der Waals surface area contributed by atoms with Crippen LogP contribution in [-0.2, 0) is 16.6 Å². The van der Waals surface area contributed by atoms with Gasteiger partial charge >= 0.3 is 6.03 Å². The Kier molecular flexibility index (Phi) is 6.57. The van der Waals surface area contributed by atoms with Crippen molar-refractivity contribution in [1.29, 1.82) is 0 Å². The van der Waals surface area contributed by atoms with Crippen molar-refractivity contribution < 1.29 is 13.2 Å². The Balaban J connectivity index is 1.95. The second kappa shape index (κ2) is 8.46. The average Bonchev–Trinajstić information content (AvgIpc) is 2.54. The molecule has 134 valence electrons. The second-order valence-corrected chi connectivity index (χ2v) is 8.41. The predicted molar refractivity (Wildman–Crippen MR) is 102 cm³/mol. The summed E-state index contributed by atoms with van der Waals surface area (Å²) in [7, 11) is -3.57. The van der Waals surface area contributed by atoms with Gasteiger partial charge in [-0.2, -0.15) is 0 Å². The molecule has 0 aliphatic rings. The minimum absolute atomic E-state index is 0.0484. The lowest BCUT2D eigenvalue weighted by molar-refractivity contribution is 0.250. The number of hydrogen-bond acceptors (Lipinski definition) is 3. The van der Waals surface area contributed by atoms with E-state index in [-0.39, 0.29) is 23.5 Å². The maximum Gasteiger partial charge on any atom is 0.319 e. The first kappa shape index (κ1) is 19.4. The van der Waals surface area contributed by atoms with Gasteiger partial charge in [0.05, 0.1) is 4.90 Å². The van der Waals surface area contributed by atoms with E-state index in [4.69, 9.17) is 0 Å². The van der Waals surface area contributed by atoms with Gasteiger partial charge in [-0.15, -0.1) is 0 Å². The van der Waals surface area contributed by atoms with E-state index in [1.165, 1.54) is 12.1 Å². The largest absolute Gasteiger partial charge is 0.336 e. The third kappa shape index (κ3) is 6.15. The molecule has 0 aliphatic heterocycles. The fourth-order valence-electron chi connectivity index (χ4n) is 2.01. The van der Waals surface area contributed by atoms with E-state index >= 15 is 0 Å². The highest BCUT2D eigenvalue weighted by molar-refractivity contribution is 9.10. The average molecular weight is 426 g/mol. The number of carbonyl (C=O) groups excluding carboxylic acids is 1. The Morgan fingerprint density at radius 3 is 2.20 bits per heavy atom. The van der Waals surface area contributed by atoms with E-state index < -0.39 is 10.0 Å². The zero-order valence-electron chi connectivity index (χ0n) is 13.9. The summed E-state index contributed by atoms with van der Waals surface area (Å²) in [4.78, 5) is 11.8. The lowest BCUT2D eigenvalue weighted by Crippen LogP contribution is -2.34. The van der Waals surface area contributed by atoms with Crippen molar-refractivity contribution >= 4 is 37.7 Å². The summed E-state index contributed by atoms with van der Waals surface area (Å²) in [6.45, 7) is 3.91. The number of halogens is 1. The van der Waals surface area contributed by atoms with Crippen LogP contribution in [0.3, 0.4) is 0 Å². The molecule has 2 amide bonds. The molecule has 25 heavy (non-hydrogen) atoms. The summed E-state index contributed by atoms with van der Waals surface area (Å²) in [5.74, 6) is 0. The normalized spacial score (nSPS) is 11.4. The lowest BCUT2D eigenvalue weighted by Gasteiger charge is -2.11. The topological polar surface area (TPSA) is 87.3 Å². The third-order valence-corrected chi connectivity index (χ3v) is 5.17. The number of amides is 2. The first-order valence-corrected chi connectivity index (χ1v) is 9.95. The number of urea groups is 1. The lowest BCUT2D eigenvalue weighted by atomic mass is 10.2. The minimum Gasteiger partial charge on any atom is -0.336 e. The number of rotatable bonds is 6. The van der Waals surface area contributed by atoms with Crippen LogP contribution in [0.2, 0.25) is 0 Å². The molecule has 6 nitrogen and oxygen atoms in total. The Hall–Kier alpha value is -1.90. The molecule has 0 spiro atoms. The van der Waals surface area contributed by atoms with Gasteiger partial charge in [0.15, 0.2) is 0 Å². The SMILES string of the molecule is CC(C)NC(=O)Nc1ccc(CNS(=O)(=O)c2ccc(Br)cc2)cc1. The van der Waals surface area contributed by atoms with Crippen LogP contribution < -0.4 is 15.4 Å². The molecule has 0 heterocycles. The fourth-order valence-corrected chi connectivity index (χ4v) is 3.29. The molecule has 3 N–H and O–H groups in total. The van der Waals surface area contributed by atoms with Crippen LogP contribution in [0.15, 0.2) is 57.9 Å². The van der Waals surface area contributed by atoms with Gasteiger partial charge in [-0.1, -0.05) is 28.1 Å². The van der Waals surface area contributed by atoms with Crippen molar-refractivity contribution in [3.8, 4) is 0 Å². The van der Waals surface area contributed by atoms with E-state index in [2.05, 4.69) is 31.3 Å². The molecule has 0 aliphatic carbocycles. The van der Waals surface area contributed by atoms with Gasteiger partial charge in [0, 0.05) is 22.7 Å². The van der Waals surface area contributed by atoms with Crippen LogP contribution in [0.1, 0.15) is 19.4 Å². The maximum atomic E-state index is 12.2. The molecule has 0 saturated heterocycles. The minimum atomic E-state index is -3.57. The van der Waals surface area contributed by atoms with E-state index in [0.29, 0.717) is 5.69 Å². The molecular formula is C17H20BrN3O3S. The van der Waals surface area contributed by atoms with Crippen LogP contribution >= 0.6 is 15.9 Å².